The third-order valence-electron chi connectivity index (χ3n) is 3.91. The van der Waals surface area contributed by atoms with Gasteiger partial charge in [-0.05, 0) is 53.0 Å². The first kappa shape index (κ1) is 16.4. The Morgan fingerprint density at radius 2 is 1.78 bits per heavy atom. The minimum Gasteiger partial charge on any atom is -0.357 e. The molecule has 1 aromatic heterocycles. The van der Waals surface area contributed by atoms with Crippen molar-refractivity contribution >= 4 is 31.8 Å². The van der Waals surface area contributed by atoms with E-state index < -0.39 is 10.0 Å². The van der Waals surface area contributed by atoms with E-state index in [1.54, 1.807) is 30.5 Å². The van der Waals surface area contributed by atoms with E-state index in [1.165, 1.54) is 0 Å². The lowest BCUT2D eigenvalue weighted by atomic mass is 10.1. The minimum atomic E-state index is -3.44. The molecule has 3 rings (SSSR count). The fourth-order valence-electron chi connectivity index (χ4n) is 2.67. The topological polar surface area (TPSA) is 62.3 Å². The highest BCUT2D eigenvalue weighted by molar-refractivity contribution is 9.10. The second-order valence-corrected chi connectivity index (χ2v) is 8.16. The minimum absolute atomic E-state index is 0.0353. The Hall–Kier alpha value is -1.44. The van der Waals surface area contributed by atoms with Crippen LogP contribution in [0, 0.1) is 0 Å². The highest BCUT2D eigenvalue weighted by Gasteiger charge is 2.25. The Labute approximate surface area is 144 Å². The van der Waals surface area contributed by atoms with Crippen molar-refractivity contribution in [1.82, 2.24) is 9.71 Å². The van der Waals surface area contributed by atoms with Crippen molar-refractivity contribution in [2.75, 3.05) is 18.0 Å². The molecule has 1 aromatic carbocycles. The summed E-state index contributed by atoms with van der Waals surface area (Å²) in [6, 6.07) is 12.4. The second-order valence-electron chi connectivity index (χ2n) is 5.53. The molecule has 1 fully saturated rings. The molecule has 7 heteroatoms. The van der Waals surface area contributed by atoms with E-state index in [2.05, 4.69) is 30.5 Å². The molecule has 2 aromatic rings. The largest absolute Gasteiger partial charge is 0.357 e. The maximum Gasteiger partial charge on any atom is 0.240 e. The van der Waals surface area contributed by atoms with Gasteiger partial charge in [-0.15, -0.1) is 0 Å². The number of aromatic nitrogens is 1. The number of halogens is 1. The van der Waals surface area contributed by atoms with Gasteiger partial charge in [0.1, 0.15) is 5.82 Å². The molecule has 2 heterocycles. The first-order chi connectivity index (χ1) is 11.0. The number of pyridine rings is 1. The lowest BCUT2D eigenvalue weighted by Gasteiger charge is -2.33. The average molecular weight is 396 g/mol. The second kappa shape index (κ2) is 6.98. The number of nitrogens with one attached hydrogen (secondary N) is 1. The van der Waals surface area contributed by atoms with E-state index >= 15 is 0 Å². The van der Waals surface area contributed by atoms with Gasteiger partial charge in [0.05, 0.1) is 4.90 Å². The Morgan fingerprint density at radius 3 is 2.39 bits per heavy atom. The van der Waals surface area contributed by atoms with Crippen LogP contribution >= 0.6 is 15.9 Å². The van der Waals surface area contributed by atoms with E-state index in [0.717, 1.165) is 36.2 Å². The molecular weight excluding hydrogens is 378 g/mol. The molecular formula is C16H18BrN3O2S. The molecule has 0 radical (unpaired) electrons. The summed E-state index contributed by atoms with van der Waals surface area (Å²) in [7, 11) is -3.44. The van der Waals surface area contributed by atoms with Gasteiger partial charge in [0.25, 0.3) is 0 Å². The normalized spacial score (nSPS) is 16.5. The number of hydrogen-bond donors (Lipinski definition) is 1. The molecule has 1 saturated heterocycles. The molecule has 0 aliphatic carbocycles. The van der Waals surface area contributed by atoms with Crippen LogP contribution in [0.3, 0.4) is 0 Å². The summed E-state index contributed by atoms with van der Waals surface area (Å²) in [6.45, 7) is 1.58. The van der Waals surface area contributed by atoms with Gasteiger partial charge in [-0.25, -0.2) is 18.1 Å². The highest BCUT2D eigenvalue weighted by atomic mass is 79.9. The summed E-state index contributed by atoms with van der Waals surface area (Å²) in [6.07, 6.45) is 3.31. The fraction of sp³-hybridized carbons (Fsp3) is 0.312. The lowest BCUT2D eigenvalue weighted by molar-refractivity contribution is 0.458. The van der Waals surface area contributed by atoms with Crippen molar-refractivity contribution in [2.24, 2.45) is 0 Å². The number of anilines is 1. The van der Waals surface area contributed by atoms with Crippen LogP contribution in [0.25, 0.3) is 0 Å². The van der Waals surface area contributed by atoms with Gasteiger partial charge >= 0.3 is 0 Å². The quantitative estimate of drug-likeness (QED) is 0.864. The van der Waals surface area contributed by atoms with Crippen LogP contribution in [0.4, 0.5) is 5.82 Å². The van der Waals surface area contributed by atoms with Crippen LogP contribution in [-0.2, 0) is 10.0 Å². The van der Waals surface area contributed by atoms with E-state index in [1.807, 2.05) is 18.2 Å². The fourth-order valence-corrected chi connectivity index (χ4v) is 4.23. The number of hydrogen-bond acceptors (Lipinski definition) is 4. The summed E-state index contributed by atoms with van der Waals surface area (Å²) >= 11 is 3.38. The van der Waals surface area contributed by atoms with Gasteiger partial charge < -0.3 is 4.90 Å². The maximum absolute atomic E-state index is 12.3. The van der Waals surface area contributed by atoms with Crippen molar-refractivity contribution in [3.63, 3.8) is 0 Å². The molecule has 0 atom stereocenters. The van der Waals surface area contributed by atoms with Gasteiger partial charge in [0.15, 0.2) is 0 Å². The molecule has 0 bridgehead atoms. The first-order valence-corrected chi connectivity index (χ1v) is 9.76. The number of rotatable bonds is 4. The molecule has 0 unspecified atom stereocenters. The van der Waals surface area contributed by atoms with E-state index in [-0.39, 0.29) is 6.04 Å². The summed E-state index contributed by atoms with van der Waals surface area (Å²) in [5.74, 6) is 0.928. The SMILES string of the molecule is O=S(=O)(NC1CCN(c2ccc(Br)cn2)CC1)c1ccccc1. The van der Waals surface area contributed by atoms with Crippen LogP contribution in [0.5, 0.6) is 0 Å². The third kappa shape index (κ3) is 4.10. The van der Waals surface area contributed by atoms with Crippen molar-refractivity contribution in [3.05, 3.63) is 53.1 Å². The molecule has 0 saturated carbocycles. The Morgan fingerprint density at radius 1 is 1.09 bits per heavy atom. The van der Waals surface area contributed by atoms with Gasteiger partial charge in [-0.3, -0.25) is 0 Å². The third-order valence-corrected chi connectivity index (χ3v) is 5.91. The van der Waals surface area contributed by atoms with E-state index in [4.69, 9.17) is 0 Å². The highest BCUT2D eigenvalue weighted by Crippen LogP contribution is 2.20. The average Bonchev–Trinajstić information content (AvgIpc) is 2.57. The molecule has 0 amide bonds. The van der Waals surface area contributed by atoms with Gasteiger partial charge in [0.2, 0.25) is 10.0 Å². The first-order valence-electron chi connectivity index (χ1n) is 7.48. The Kier molecular flexibility index (Phi) is 4.99. The van der Waals surface area contributed by atoms with E-state index in [9.17, 15) is 8.42 Å². The predicted octanol–water partition coefficient (Wildman–Crippen LogP) is 2.79. The maximum atomic E-state index is 12.3. The molecule has 1 N–H and O–H groups in total. The van der Waals surface area contributed by atoms with Crippen LogP contribution in [0.15, 0.2) is 58.0 Å². The van der Waals surface area contributed by atoms with Crippen LogP contribution < -0.4 is 9.62 Å². The molecule has 122 valence electrons. The Balaban J connectivity index is 1.60. The molecule has 1 aliphatic heterocycles. The predicted molar refractivity (Wildman–Crippen MR) is 93.9 cm³/mol. The summed E-state index contributed by atoms with van der Waals surface area (Å²) in [5.41, 5.74) is 0. The Bertz CT molecular complexity index is 743. The standard InChI is InChI=1S/C16H18BrN3O2S/c17-13-6-7-16(18-12-13)20-10-8-14(9-11-20)19-23(21,22)15-4-2-1-3-5-15/h1-7,12,14,19H,8-11H2. The van der Waals surface area contributed by atoms with Gasteiger partial charge in [-0.2, -0.15) is 0 Å². The molecule has 1 aliphatic rings. The van der Waals surface area contributed by atoms with Gasteiger partial charge in [-0.1, -0.05) is 18.2 Å². The zero-order chi connectivity index (χ0) is 16.3. The monoisotopic (exact) mass is 395 g/mol. The number of nitrogens with zero attached hydrogens (tertiary/aromatic N) is 2. The zero-order valence-corrected chi connectivity index (χ0v) is 14.9. The summed E-state index contributed by atoms with van der Waals surface area (Å²) in [4.78, 5) is 6.89. The lowest BCUT2D eigenvalue weighted by Crippen LogP contribution is -2.44. The van der Waals surface area contributed by atoms with E-state index in [0.29, 0.717) is 4.90 Å². The van der Waals surface area contributed by atoms with Crippen LogP contribution in [-0.4, -0.2) is 32.5 Å². The summed E-state index contributed by atoms with van der Waals surface area (Å²) < 4.78 is 28.5. The molecule has 0 spiro atoms. The summed E-state index contributed by atoms with van der Waals surface area (Å²) in [5, 5.41) is 0. The van der Waals surface area contributed by atoms with Crippen LogP contribution in [0.1, 0.15) is 12.8 Å². The number of benzene rings is 1. The molecule has 5 nitrogen and oxygen atoms in total. The van der Waals surface area contributed by atoms with Gasteiger partial charge in [0, 0.05) is 29.8 Å². The number of piperidine rings is 1. The number of sulfonamides is 1. The molecule has 23 heavy (non-hydrogen) atoms. The smallest absolute Gasteiger partial charge is 0.240 e. The zero-order valence-electron chi connectivity index (χ0n) is 12.5. The van der Waals surface area contributed by atoms with Crippen molar-refractivity contribution in [2.45, 2.75) is 23.8 Å². The van der Waals surface area contributed by atoms with Crippen molar-refractivity contribution in [1.29, 1.82) is 0 Å². The van der Waals surface area contributed by atoms with Crippen molar-refractivity contribution < 1.29 is 8.42 Å². The van der Waals surface area contributed by atoms with Crippen LogP contribution in [0.2, 0.25) is 0 Å². The van der Waals surface area contributed by atoms with Crippen molar-refractivity contribution in [3.8, 4) is 0 Å².